The van der Waals surface area contributed by atoms with E-state index in [0.29, 0.717) is 4.75 Å². The molecule has 1 aliphatic heterocycles. The number of rotatable bonds is 1. The van der Waals surface area contributed by atoms with E-state index in [1.807, 2.05) is 18.0 Å². The van der Waals surface area contributed by atoms with Crippen LogP contribution in [0.25, 0.3) is 0 Å². The Morgan fingerprint density at radius 1 is 1.50 bits per heavy atom. The van der Waals surface area contributed by atoms with Crippen LogP contribution in [-0.2, 0) is 0 Å². The second-order valence-electron chi connectivity index (χ2n) is 4.85. The molecule has 1 saturated heterocycles. The Morgan fingerprint density at radius 2 is 2.25 bits per heavy atom. The van der Waals surface area contributed by atoms with Crippen molar-refractivity contribution in [2.75, 3.05) is 23.7 Å². The molecule has 88 valence electrons. The summed E-state index contributed by atoms with van der Waals surface area (Å²) in [6.45, 7) is 8.81. The molecule has 0 amide bonds. The van der Waals surface area contributed by atoms with Crippen LogP contribution in [0, 0.1) is 6.92 Å². The van der Waals surface area contributed by atoms with E-state index in [1.165, 1.54) is 11.3 Å². The van der Waals surface area contributed by atoms with Gasteiger partial charge >= 0.3 is 0 Å². The Hall–Kier alpha value is -0.220. The maximum absolute atomic E-state index is 4.54. The number of thioether (sulfide) groups is 1. The molecule has 0 bridgehead atoms. The molecule has 1 aromatic rings. The Bertz CT molecular complexity index is 393. The zero-order chi connectivity index (χ0) is 11.8. The number of anilines is 1. The standard InChI is InChI=1S/C12H17BrN2S/c1-9-6-10(13)11(14-7-9)15-4-5-16-12(2,3)8-15/h6-7H,4-5,8H2,1-3H3. The SMILES string of the molecule is Cc1cnc(N2CCSC(C)(C)C2)c(Br)c1. The van der Waals surface area contributed by atoms with Crippen molar-refractivity contribution in [3.8, 4) is 0 Å². The van der Waals surface area contributed by atoms with Gasteiger partial charge in [0.2, 0.25) is 0 Å². The third-order valence-corrected chi connectivity index (χ3v) is 4.56. The Kier molecular flexibility index (Phi) is 3.50. The molecule has 4 heteroatoms. The van der Waals surface area contributed by atoms with Crippen molar-refractivity contribution in [3.63, 3.8) is 0 Å². The van der Waals surface area contributed by atoms with Crippen LogP contribution in [0.1, 0.15) is 19.4 Å². The molecule has 1 fully saturated rings. The van der Waals surface area contributed by atoms with Crippen LogP contribution >= 0.6 is 27.7 Å². The van der Waals surface area contributed by atoms with Gasteiger partial charge in [-0.3, -0.25) is 0 Å². The zero-order valence-corrected chi connectivity index (χ0v) is 12.4. The van der Waals surface area contributed by atoms with Crippen molar-refractivity contribution < 1.29 is 0 Å². The topological polar surface area (TPSA) is 16.1 Å². The fourth-order valence-electron chi connectivity index (χ4n) is 1.96. The summed E-state index contributed by atoms with van der Waals surface area (Å²) >= 11 is 5.65. The predicted octanol–water partition coefficient (Wildman–Crippen LogP) is 3.48. The lowest BCUT2D eigenvalue weighted by Crippen LogP contribution is -2.43. The number of nitrogens with zero attached hydrogens (tertiary/aromatic N) is 2. The average molecular weight is 301 g/mol. The molecular weight excluding hydrogens is 284 g/mol. The third kappa shape index (κ3) is 2.72. The van der Waals surface area contributed by atoms with Crippen LogP contribution in [-0.4, -0.2) is 28.6 Å². The molecule has 0 radical (unpaired) electrons. The Morgan fingerprint density at radius 3 is 2.88 bits per heavy atom. The molecule has 1 aliphatic rings. The Labute approximate surface area is 110 Å². The predicted molar refractivity (Wildman–Crippen MR) is 75.4 cm³/mol. The Balaban J connectivity index is 2.23. The lowest BCUT2D eigenvalue weighted by molar-refractivity contribution is 0.641. The fraction of sp³-hybridized carbons (Fsp3) is 0.583. The van der Waals surface area contributed by atoms with Crippen LogP contribution in [0.3, 0.4) is 0 Å². The summed E-state index contributed by atoms with van der Waals surface area (Å²) < 4.78 is 1.43. The highest BCUT2D eigenvalue weighted by atomic mass is 79.9. The normalized spacial score (nSPS) is 19.9. The van der Waals surface area contributed by atoms with E-state index >= 15 is 0 Å². The molecule has 16 heavy (non-hydrogen) atoms. The number of aryl methyl sites for hydroxylation is 1. The minimum absolute atomic E-state index is 0.324. The van der Waals surface area contributed by atoms with Gasteiger partial charge < -0.3 is 4.90 Å². The smallest absolute Gasteiger partial charge is 0.142 e. The summed E-state index contributed by atoms with van der Waals surface area (Å²) in [6, 6.07) is 2.14. The maximum atomic E-state index is 4.54. The first kappa shape index (κ1) is 12.2. The molecule has 0 aromatic carbocycles. The van der Waals surface area contributed by atoms with E-state index in [9.17, 15) is 0 Å². The van der Waals surface area contributed by atoms with Crippen LogP contribution in [0.15, 0.2) is 16.7 Å². The first-order chi connectivity index (χ1) is 7.48. The van der Waals surface area contributed by atoms with Crippen LogP contribution in [0.5, 0.6) is 0 Å². The second kappa shape index (κ2) is 4.57. The maximum Gasteiger partial charge on any atom is 0.142 e. The van der Waals surface area contributed by atoms with Crippen molar-refractivity contribution in [2.45, 2.75) is 25.5 Å². The van der Waals surface area contributed by atoms with Gasteiger partial charge in [0.05, 0.1) is 4.47 Å². The van der Waals surface area contributed by atoms with Crippen molar-refractivity contribution in [1.29, 1.82) is 0 Å². The van der Waals surface area contributed by atoms with E-state index in [4.69, 9.17) is 0 Å². The van der Waals surface area contributed by atoms with Gasteiger partial charge in [0, 0.05) is 29.8 Å². The highest BCUT2D eigenvalue weighted by Crippen LogP contribution is 2.34. The van der Waals surface area contributed by atoms with E-state index in [2.05, 4.69) is 52.7 Å². The molecule has 2 nitrogen and oxygen atoms in total. The monoisotopic (exact) mass is 300 g/mol. The summed E-state index contributed by atoms with van der Waals surface area (Å²) in [5.41, 5.74) is 1.20. The molecular formula is C12H17BrN2S. The zero-order valence-electron chi connectivity index (χ0n) is 9.96. The molecule has 2 rings (SSSR count). The summed E-state index contributed by atoms with van der Waals surface area (Å²) in [5, 5.41) is 0. The van der Waals surface area contributed by atoms with Crippen LogP contribution in [0.2, 0.25) is 0 Å². The molecule has 2 heterocycles. The summed E-state index contributed by atoms with van der Waals surface area (Å²) in [5.74, 6) is 2.26. The van der Waals surface area contributed by atoms with Gasteiger partial charge in [-0.25, -0.2) is 4.98 Å². The molecule has 1 aromatic heterocycles. The molecule has 0 N–H and O–H groups in total. The van der Waals surface area contributed by atoms with E-state index in [-0.39, 0.29) is 0 Å². The number of pyridine rings is 1. The van der Waals surface area contributed by atoms with Gasteiger partial charge in [0.15, 0.2) is 0 Å². The molecule has 0 spiro atoms. The number of hydrogen-bond acceptors (Lipinski definition) is 3. The van der Waals surface area contributed by atoms with E-state index in [1.54, 1.807) is 0 Å². The van der Waals surface area contributed by atoms with Gasteiger partial charge in [-0.15, -0.1) is 0 Å². The van der Waals surface area contributed by atoms with Gasteiger partial charge in [-0.1, -0.05) is 0 Å². The molecule has 0 saturated carbocycles. The van der Waals surface area contributed by atoms with Crippen molar-refractivity contribution >= 4 is 33.5 Å². The highest BCUT2D eigenvalue weighted by Gasteiger charge is 2.28. The minimum Gasteiger partial charge on any atom is -0.353 e. The lowest BCUT2D eigenvalue weighted by Gasteiger charge is -2.38. The molecule has 0 unspecified atom stereocenters. The average Bonchev–Trinajstić information content (AvgIpc) is 2.15. The van der Waals surface area contributed by atoms with Crippen LogP contribution in [0.4, 0.5) is 5.82 Å². The molecule has 0 aliphatic carbocycles. The number of halogens is 1. The lowest BCUT2D eigenvalue weighted by atomic mass is 10.2. The second-order valence-corrected chi connectivity index (χ2v) is 7.50. The highest BCUT2D eigenvalue weighted by molar-refractivity contribution is 9.10. The van der Waals surface area contributed by atoms with Gasteiger partial charge in [0.25, 0.3) is 0 Å². The van der Waals surface area contributed by atoms with Gasteiger partial charge in [0.1, 0.15) is 5.82 Å². The first-order valence-corrected chi connectivity index (χ1v) is 7.27. The largest absolute Gasteiger partial charge is 0.353 e. The first-order valence-electron chi connectivity index (χ1n) is 5.49. The quantitative estimate of drug-likeness (QED) is 0.790. The third-order valence-electron chi connectivity index (χ3n) is 2.68. The summed E-state index contributed by atoms with van der Waals surface area (Å²) in [7, 11) is 0. The van der Waals surface area contributed by atoms with Gasteiger partial charge in [-0.05, 0) is 48.3 Å². The van der Waals surface area contributed by atoms with Crippen molar-refractivity contribution in [3.05, 3.63) is 22.3 Å². The number of hydrogen-bond donors (Lipinski definition) is 0. The van der Waals surface area contributed by atoms with Gasteiger partial charge in [-0.2, -0.15) is 11.8 Å². The fourth-order valence-corrected chi connectivity index (χ4v) is 3.78. The van der Waals surface area contributed by atoms with E-state index in [0.717, 1.165) is 23.4 Å². The van der Waals surface area contributed by atoms with E-state index < -0.39 is 0 Å². The van der Waals surface area contributed by atoms with Crippen LogP contribution < -0.4 is 4.90 Å². The summed E-state index contributed by atoms with van der Waals surface area (Å²) in [4.78, 5) is 6.91. The van der Waals surface area contributed by atoms with Crippen molar-refractivity contribution in [2.24, 2.45) is 0 Å². The summed E-state index contributed by atoms with van der Waals surface area (Å²) in [6.07, 6.45) is 1.94. The van der Waals surface area contributed by atoms with Crippen molar-refractivity contribution in [1.82, 2.24) is 4.98 Å². The molecule has 0 atom stereocenters. The minimum atomic E-state index is 0.324. The number of aromatic nitrogens is 1.